The molecule has 1 aromatic heterocycles. The van der Waals surface area contributed by atoms with Crippen molar-refractivity contribution in [3.8, 4) is 17.2 Å². The van der Waals surface area contributed by atoms with Crippen molar-refractivity contribution in [1.82, 2.24) is 5.32 Å². The van der Waals surface area contributed by atoms with Gasteiger partial charge in [-0.25, -0.2) is 0 Å². The Morgan fingerprint density at radius 1 is 0.900 bits per heavy atom. The summed E-state index contributed by atoms with van der Waals surface area (Å²) in [6.45, 7) is 4.03. The molecule has 0 saturated heterocycles. The second-order valence-electron chi connectivity index (χ2n) is 12.3. The second-order valence-corrected chi connectivity index (χ2v) is 14.8. The average molecular weight is 697 g/mol. The summed E-state index contributed by atoms with van der Waals surface area (Å²) in [5.41, 5.74) is 5.54. The van der Waals surface area contributed by atoms with Crippen molar-refractivity contribution in [3.63, 3.8) is 0 Å². The van der Waals surface area contributed by atoms with Crippen LogP contribution in [0.15, 0.2) is 120 Å². The molecule has 1 aliphatic rings. The number of benzene rings is 4. The van der Waals surface area contributed by atoms with Crippen molar-refractivity contribution < 1.29 is 14.4 Å². The van der Waals surface area contributed by atoms with Gasteiger partial charge < -0.3 is 16.0 Å². The molecule has 9 heteroatoms. The van der Waals surface area contributed by atoms with Crippen LogP contribution in [0.25, 0.3) is 17.2 Å². The summed E-state index contributed by atoms with van der Waals surface area (Å²) in [4.78, 5) is 42.1. The minimum atomic E-state index is -0.491. The molecule has 0 spiro atoms. The molecule has 5 aromatic rings. The number of thiophene rings is 1. The molecule has 250 valence electrons. The third-order valence-corrected chi connectivity index (χ3v) is 10.8. The molecule has 2 unspecified atom stereocenters. The van der Waals surface area contributed by atoms with Gasteiger partial charge in [-0.05, 0) is 90.8 Å². The number of nitrogens with one attached hydrogen (secondary N) is 3. The first-order valence-electron chi connectivity index (χ1n) is 16.4. The van der Waals surface area contributed by atoms with Gasteiger partial charge >= 0.3 is 0 Å². The van der Waals surface area contributed by atoms with Crippen molar-refractivity contribution in [2.24, 2.45) is 5.92 Å². The van der Waals surface area contributed by atoms with Gasteiger partial charge in [-0.3, -0.25) is 14.4 Å². The van der Waals surface area contributed by atoms with Crippen molar-refractivity contribution in [3.05, 3.63) is 142 Å². The van der Waals surface area contributed by atoms with Crippen molar-refractivity contribution in [1.29, 1.82) is 5.26 Å². The first kappa shape index (κ1) is 34.4. The van der Waals surface area contributed by atoms with Crippen LogP contribution in [-0.2, 0) is 22.4 Å². The lowest BCUT2D eigenvalue weighted by atomic mass is 9.89. The van der Waals surface area contributed by atoms with Crippen LogP contribution in [0.3, 0.4) is 0 Å². The molecule has 3 N–H and O–H groups in total. The van der Waals surface area contributed by atoms with Crippen LogP contribution in [0.4, 0.5) is 10.7 Å². The Hall–Kier alpha value is -5.43. The minimum Gasteiger partial charge on any atom is -0.321 e. The SMILES string of the molecule is CC1CCc2c(sc(NC(=O)C(C)Sc3cccc(NC(=O)/C(=C\c4ccc(-c5ccccc5)cc4)NC(=O)c4ccccc4)c3)c2C#N)C1. The van der Waals surface area contributed by atoms with E-state index in [1.807, 2.05) is 73.7 Å². The van der Waals surface area contributed by atoms with E-state index in [0.717, 1.165) is 46.4 Å². The Balaban J connectivity index is 1.16. The summed E-state index contributed by atoms with van der Waals surface area (Å²) >= 11 is 2.86. The lowest BCUT2D eigenvalue weighted by molar-refractivity contribution is -0.115. The maximum atomic E-state index is 13.7. The molecular weight excluding hydrogens is 661 g/mol. The highest BCUT2D eigenvalue weighted by Crippen LogP contribution is 2.39. The number of hydrogen-bond donors (Lipinski definition) is 3. The monoisotopic (exact) mass is 696 g/mol. The largest absolute Gasteiger partial charge is 0.321 e. The predicted octanol–water partition coefficient (Wildman–Crippen LogP) is 8.94. The van der Waals surface area contributed by atoms with Crippen LogP contribution in [-0.4, -0.2) is 23.0 Å². The average Bonchev–Trinajstić information content (AvgIpc) is 3.48. The van der Waals surface area contributed by atoms with Gasteiger partial charge in [0.05, 0.1) is 10.8 Å². The van der Waals surface area contributed by atoms with E-state index in [-0.39, 0.29) is 11.6 Å². The predicted molar refractivity (Wildman–Crippen MR) is 203 cm³/mol. The fourth-order valence-corrected chi connectivity index (χ4v) is 8.08. The van der Waals surface area contributed by atoms with Gasteiger partial charge in [0.15, 0.2) is 0 Å². The maximum absolute atomic E-state index is 13.7. The van der Waals surface area contributed by atoms with E-state index < -0.39 is 17.1 Å². The van der Waals surface area contributed by atoms with Gasteiger partial charge in [0.1, 0.15) is 16.8 Å². The van der Waals surface area contributed by atoms with Crippen LogP contribution < -0.4 is 16.0 Å². The summed E-state index contributed by atoms with van der Waals surface area (Å²) in [6.07, 6.45) is 4.49. The smallest absolute Gasteiger partial charge is 0.272 e. The molecule has 3 amide bonds. The Morgan fingerprint density at radius 3 is 2.32 bits per heavy atom. The van der Waals surface area contributed by atoms with Crippen molar-refractivity contribution in [2.45, 2.75) is 43.3 Å². The number of nitriles is 1. The first-order valence-corrected chi connectivity index (χ1v) is 18.1. The lowest BCUT2D eigenvalue weighted by Gasteiger charge is -2.17. The number of thioether (sulfide) groups is 1. The molecule has 4 aromatic carbocycles. The molecule has 0 aliphatic heterocycles. The highest BCUT2D eigenvalue weighted by Gasteiger charge is 2.26. The molecule has 7 nitrogen and oxygen atoms in total. The zero-order valence-electron chi connectivity index (χ0n) is 27.7. The van der Waals surface area contributed by atoms with Crippen LogP contribution in [0.5, 0.6) is 0 Å². The van der Waals surface area contributed by atoms with E-state index in [1.165, 1.54) is 28.0 Å². The molecule has 6 rings (SSSR count). The fraction of sp³-hybridized carbons (Fsp3) is 0.171. The first-order chi connectivity index (χ1) is 24.3. The molecule has 50 heavy (non-hydrogen) atoms. The van der Waals surface area contributed by atoms with E-state index in [0.29, 0.717) is 27.7 Å². The molecule has 0 saturated carbocycles. The standard InChI is InChI=1S/C41H36N4O3S2/c1-26-16-21-34-35(25-42)41(50-37(34)22-26)45-38(46)27(2)49-33-15-9-14-32(24-33)43-40(48)36(44-39(47)31-12-7-4-8-13-31)23-28-17-19-30(20-18-28)29-10-5-3-6-11-29/h3-15,17-20,23-24,26-27H,16,21-22H2,1-2H3,(H,43,48)(H,44,47)(H,45,46)/b36-23+. The van der Waals surface area contributed by atoms with Crippen LogP contribution >= 0.6 is 23.1 Å². The molecule has 1 aliphatic carbocycles. The van der Waals surface area contributed by atoms with Crippen molar-refractivity contribution in [2.75, 3.05) is 10.6 Å². The third-order valence-electron chi connectivity index (χ3n) is 8.49. The molecule has 1 heterocycles. The van der Waals surface area contributed by atoms with E-state index in [2.05, 4.69) is 28.9 Å². The van der Waals surface area contributed by atoms with E-state index >= 15 is 0 Å². The maximum Gasteiger partial charge on any atom is 0.272 e. The highest BCUT2D eigenvalue weighted by molar-refractivity contribution is 8.00. The van der Waals surface area contributed by atoms with Crippen molar-refractivity contribution >= 4 is 57.6 Å². The number of carbonyl (C=O) groups is 3. The molecular formula is C41H36N4O3S2. The number of amides is 3. The summed E-state index contributed by atoms with van der Waals surface area (Å²) in [5, 5.41) is 18.7. The van der Waals surface area contributed by atoms with Gasteiger partial charge in [-0.2, -0.15) is 5.26 Å². The molecule has 2 atom stereocenters. The van der Waals surface area contributed by atoms with E-state index in [4.69, 9.17) is 0 Å². The Morgan fingerprint density at radius 2 is 1.60 bits per heavy atom. The third kappa shape index (κ3) is 8.40. The number of carbonyl (C=O) groups excluding carboxylic acids is 3. The number of fused-ring (bicyclic) bond motifs is 1. The Labute approximate surface area is 300 Å². The summed E-state index contributed by atoms with van der Waals surface area (Å²) in [5.74, 6) is -0.525. The van der Waals surface area contributed by atoms with Gasteiger partial charge in [0.2, 0.25) is 5.91 Å². The normalized spacial score (nSPS) is 14.5. The highest BCUT2D eigenvalue weighted by atomic mass is 32.2. The van der Waals surface area contributed by atoms with E-state index in [9.17, 15) is 19.6 Å². The fourth-order valence-electron chi connectivity index (χ4n) is 5.79. The van der Waals surface area contributed by atoms with Crippen LogP contribution in [0.2, 0.25) is 0 Å². The second kappa shape index (κ2) is 15.9. The zero-order valence-corrected chi connectivity index (χ0v) is 29.4. The number of nitrogens with zero attached hydrogens (tertiary/aromatic N) is 1. The number of anilines is 2. The zero-order chi connectivity index (χ0) is 35.0. The molecule has 0 radical (unpaired) electrons. The van der Waals surface area contributed by atoms with Gasteiger partial charge in [0.25, 0.3) is 11.8 Å². The minimum absolute atomic E-state index is 0.0819. The lowest BCUT2D eigenvalue weighted by Crippen LogP contribution is -2.30. The molecule has 0 bridgehead atoms. The van der Waals surface area contributed by atoms with Gasteiger partial charge in [-0.1, -0.05) is 85.8 Å². The summed E-state index contributed by atoms with van der Waals surface area (Å²) < 4.78 is 0. The van der Waals surface area contributed by atoms with Gasteiger partial charge in [-0.15, -0.1) is 23.1 Å². The van der Waals surface area contributed by atoms with Crippen LogP contribution in [0.1, 0.15) is 52.2 Å². The summed E-state index contributed by atoms with van der Waals surface area (Å²) in [7, 11) is 0. The topological polar surface area (TPSA) is 111 Å². The molecule has 0 fully saturated rings. The number of rotatable bonds is 10. The van der Waals surface area contributed by atoms with E-state index in [1.54, 1.807) is 48.5 Å². The Bertz CT molecular complexity index is 2080. The Kier molecular flexibility index (Phi) is 10.9. The van der Waals surface area contributed by atoms with Gasteiger partial charge in [0, 0.05) is 21.0 Å². The summed E-state index contributed by atoms with van der Waals surface area (Å²) in [6, 6.07) is 36.0. The van der Waals surface area contributed by atoms with Crippen LogP contribution in [0, 0.1) is 17.2 Å². The quantitative estimate of drug-likeness (QED) is 0.0998. The number of hydrogen-bond acceptors (Lipinski definition) is 6.